The third kappa shape index (κ3) is 3.71. The van der Waals surface area contributed by atoms with Gasteiger partial charge in [-0.1, -0.05) is 0 Å². The predicted octanol–water partition coefficient (Wildman–Crippen LogP) is 3.66. The average Bonchev–Trinajstić information content (AvgIpc) is 3.35. The Labute approximate surface area is 168 Å². The molecule has 4 rings (SSSR count). The number of alkyl halides is 2. The van der Waals surface area contributed by atoms with Crippen molar-refractivity contribution in [2.75, 3.05) is 5.32 Å². The SMILES string of the molecule is Cc1cc(C)n(CC(=O)Nc2c(C(N)=O)sc3nc(C(F)F)cc(C4CC4)c23)n1. The van der Waals surface area contributed by atoms with Crippen LogP contribution in [0.15, 0.2) is 12.1 Å². The molecule has 0 aliphatic heterocycles. The summed E-state index contributed by atoms with van der Waals surface area (Å²) in [6.45, 7) is 3.62. The molecule has 7 nitrogen and oxygen atoms in total. The van der Waals surface area contributed by atoms with Crippen LogP contribution in [-0.2, 0) is 11.3 Å². The van der Waals surface area contributed by atoms with Gasteiger partial charge in [0.25, 0.3) is 12.3 Å². The zero-order chi connectivity index (χ0) is 20.9. The summed E-state index contributed by atoms with van der Waals surface area (Å²) in [5.41, 5.74) is 7.70. The Balaban J connectivity index is 1.77. The fourth-order valence-corrected chi connectivity index (χ4v) is 4.44. The van der Waals surface area contributed by atoms with Crippen LogP contribution in [0.25, 0.3) is 10.2 Å². The molecule has 0 radical (unpaired) electrons. The zero-order valence-corrected chi connectivity index (χ0v) is 16.6. The van der Waals surface area contributed by atoms with Crippen molar-refractivity contribution in [3.63, 3.8) is 0 Å². The van der Waals surface area contributed by atoms with Gasteiger partial charge in [0.1, 0.15) is 21.9 Å². The third-order valence-electron chi connectivity index (χ3n) is 4.84. The summed E-state index contributed by atoms with van der Waals surface area (Å²) in [5.74, 6) is -1.02. The number of thiophene rings is 1. The zero-order valence-electron chi connectivity index (χ0n) is 15.8. The molecular weight excluding hydrogens is 400 g/mol. The third-order valence-corrected chi connectivity index (χ3v) is 5.94. The fourth-order valence-electron chi connectivity index (χ4n) is 3.42. The lowest BCUT2D eigenvalue weighted by Gasteiger charge is -2.11. The number of aryl methyl sites for hydroxylation is 2. The quantitative estimate of drug-likeness (QED) is 0.636. The van der Waals surface area contributed by atoms with Gasteiger partial charge in [-0.3, -0.25) is 14.3 Å². The van der Waals surface area contributed by atoms with E-state index in [2.05, 4.69) is 15.4 Å². The monoisotopic (exact) mass is 419 g/mol. The van der Waals surface area contributed by atoms with Gasteiger partial charge in [-0.15, -0.1) is 11.3 Å². The van der Waals surface area contributed by atoms with Crippen LogP contribution in [0.2, 0.25) is 0 Å². The van der Waals surface area contributed by atoms with Crippen LogP contribution in [-0.4, -0.2) is 26.6 Å². The number of hydrogen-bond donors (Lipinski definition) is 2. The molecule has 0 aromatic carbocycles. The van der Waals surface area contributed by atoms with Crippen molar-refractivity contribution in [1.29, 1.82) is 0 Å². The molecule has 0 atom stereocenters. The second kappa shape index (κ2) is 7.18. The van der Waals surface area contributed by atoms with Crippen LogP contribution in [0.5, 0.6) is 0 Å². The Bertz CT molecular complexity index is 1130. The van der Waals surface area contributed by atoms with E-state index in [1.54, 1.807) is 4.68 Å². The number of rotatable bonds is 6. The summed E-state index contributed by atoms with van der Waals surface area (Å²) in [4.78, 5) is 29.1. The molecular formula is C19H19F2N5O2S. The van der Waals surface area contributed by atoms with Gasteiger partial charge in [-0.2, -0.15) is 5.10 Å². The van der Waals surface area contributed by atoms with Crippen molar-refractivity contribution < 1.29 is 18.4 Å². The highest BCUT2D eigenvalue weighted by atomic mass is 32.1. The lowest BCUT2D eigenvalue weighted by molar-refractivity contribution is -0.116. The van der Waals surface area contributed by atoms with Crippen LogP contribution in [0.4, 0.5) is 14.5 Å². The molecule has 0 bridgehead atoms. The highest BCUT2D eigenvalue weighted by Crippen LogP contribution is 2.48. The maximum atomic E-state index is 13.3. The number of nitrogens with one attached hydrogen (secondary N) is 1. The smallest absolute Gasteiger partial charge is 0.280 e. The second-order valence-electron chi connectivity index (χ2n) is 7.19. The topological polar surface area (TPSA) is 103 Å². The molecule has 2 amide bonds. The first-order chi connectivity index (χ1) is 13.7. The summed E-state index contributed by atoms with van der Waals surface area (Å²) in [5, 5.41) is 7.54. The van der Waals surface area contributed by atoms with Crippen molar-refractivity contribution in [2.45, 2.75) is 45.6 Å². The van der Waals surface area contributed by atoms with Crippen LogP contribution >= 0.6 is 11.3 Å². The van der Waals surface area contributed by atoms with Crippen LogP contribution in [0.3, 0.4) is 0 Å². The number of carbonyl (C=O) groups excluding carboxylic acids is 2. The molecule has 1 fully saturated rings. The minimum atomic E-state index is -2.72. The van der Waals surface area contributed by atoms with E-state index in [4.69, 9.17) is 5.73 Å². The van der Waals surface area contributed by atoms with Crippen molar-refractivity contribution in [2.24, 2.45) is 5.73 Å². The number of primary amides is 1. The number of hydrogen-bond acceptors (Lipinski definition) is 5. The fraction of sp³-hybridized carbons (Fsp3) is 0.368. The van der Waals surface area contributed by atoms with Crippen LogP contribution < -0.4 is 11.1 Å². The van der Waals surface area contributed by atoms with Gasteiger partial charge in [-0.05, 0) is 50.3 Å². The van der Waals surface area contributed by atoms with Gasteiger partial charge in [0, 0.05) is 11.1 Å². The standard InChI is InChI=1S/C19H19F2N5O2S/c1-8-5-9(2)26(25-8)7-13(27)24-15-14-11(10-3-4-10)6-12(17(20)21)23-19(14)29-16(15)18(22)28/h5-6,10,17H,3-4,7H2,1-2H3,(H2,22,28)(H,24,27). The van der Waals surface area contributed by atoms with Crippen molar-refractivity contribution in [1.82, 2.24) is 14.8 Å². The molecule has 3 heterocycles. The van der Waals surface area contributed by atoms with Gasteiger partial charge < -0.3 is 11.1 Å². The number of aromatic nitrogens is 3. The number of nitrogens with two attached hydrogens (primary N) is 1. The van der Waals surface area contributed by atoms with E-state index in [1.165, 1.54) is 6.07 Å². The lowest BCUT2D eigenvalue weighted by Crippen LogP contribution is -2.22. The number of fused-ring (bicyclic) bond motifs is 1. The van der Waals surface area contributed by atoms with E-state index in [0.717, 1.165) is 35.6 Å². The molecule has 29 heavy (non-hydrogen) atoms. The Morgan fingerprint density at radius 3 is 2.62 bits per heavy atom. The molecule has 1 aliphatic rings. The van der Waals surface area contributed by atoms with E-state index in [0.29, 0.717) is 10.9 Å². The first-order valence-electron chi connectivity index (χ1n) is 9.10. The van der Waals surface area contributed by atoms with E-state index in [1.807, 2.05) is 19.9 Å². The summed E-state index contributed by atoms with van der Waals surface area (Å²) in [6.07, 6.45) is -0.995. The van der Waals surface area contributed by atoms with Crippen molar-refractivity contribution >= 4 is 39.1 Å². The Morgan fingerprint density at radius 2 is 2.07 bits per heavy atom. The largest absolute Gasteiger partial charge is 0.365 e. The molecule has 0 saturated heterocycles. The number of anilines is 1. The average molecular weight is 419 g/mol. The molecule has 3 aromatic heterocycles. The number of carbonyl (C=O) groups is 2. The Morgan fingerprint density at radius 1 is 1.34 bits per heavy atom. The molecule has 3 aromatic rings. The Hall–Kier alpha value is -2.88. The molecule has 0 unspecified atom stereocenters. The summed E-state index contributed by atoms with van der Waals surface area (Å²) < 4.78 is 28.1. The van der Waals surface area contributed by atoms with Gasteiger partial charge in [0.2, 0.25) is 5.91 Å². The molecule has 0 spiro atoms. The maximum Gasteiger partial charge on any atom is 0.280 e. The van der Waals surface area contributed by atoms with E-state index >= 15 is 0 Å². The Kier molecular flexibility index (Phi) is 4.81. The van der Waals surface area contributed by atoms with E-state index < -0.39 is 18.2 Å². The maximum absolute atomic E-state index is 13.3. The van der Waals surface area contributed by atoms with Crippen molar-refractivity contribution in [3.8, 4) is 0 Å². The van der Waals surface area contributed by atoms with Crippen LogP contribution in [0, 0.1) is 13.8 Å². The summed E-state index contributed by atoms with van der Waals surface area (Å²) in [7, 11) is 0. The first-order valence-corrected chi connectivity index (χ1v) is 9.92. The van der Waals surface area contributed by atoms with Gasteiger partial charge in [-0.25, -0.2) is 13.8 Å². The minimum Gasteiger partial charge on any atom is -0.365 e. The predicted molar refractivity (Wildman–Crippen MR) is 105 cm³/mol. The first kappa shape index (κ1) is 19.4. The highest BCUT2D eigenvalue weighted by molar-refractivity contribution is 7.21. The number of amides is 2. The second-order valence-corrected chi connectivity index (χ2v) is 8.19. The van der Waals surface area contributed by atoms with E-state index in [9.17, 15) is 18.4 Å². The molecule has 1 saturated carbocycles. The number of nitrogens with zero attached hydrogens (tertiary/aromatic N) is 3. The highest BCUT2D eigenvalue weighted by Gasteiger charge is 2.31. The van der Waals surface area contributed by atoms with Crippen LogP contribution in [0.1, 0.15) is 57.5 Å². The number of halogens is 2. The summed E-state index contributed by atoms with van der Waals surface area (Å²) in [6, 6.07) is 3.22. The normalized spacial score (nSPS) is 14.0. The number of pyridine rings is 1. The van der Waals surface area contributed by atoms with Gasteiger partial charge in [0.15, 0.2) is 0 Å². The lowest BCUT2D eigenvalue weighted by atomic mass is 10.0. The molecule has 152 valence electrons. The minimum absolute atomic E-state index is 0.0451. The van der Waals surface area contributed by atoms with E-state index in [-0.39, 0.29) is 33.6 Å². The van der Waals surface area contributed by atoms with Gasteiger partial charge >= 0.3 is 0 Å². The summed E-state index contributed by atoms with van der Waals surface area (Å²) >= 11 is 0.922. The van der Waals surface area contributed by atoms with Crippen molar-refractivity contribution in [3.05, 3.63) is 39.7 Å². The molecule has 3 N–H and O–H groups in total. The molecule has 1 aliphatic carbocycles. The van der Waals surface area contributed by atoms with Gasteiger partial charge in [0.05, 0.1) is 11.4 Å². The molecule has 10 heteroatoms.